The minimum Gasteiger partial charge on any atom is -0.444 e. The normalized spacial score (nSPS) is 10.3. The lowest BCUT2D eigenvalue weighted by atomic mass is 10.2. The second kappa shape index (κ2) is 12.4. The molecule has 0 bridgehead atoms. The third kappa shape index (κ3) is 7.95. The number of nitrogens with one attached hydrogen (secondary N) is 1. The van der Waals surface area contributed by atoms with Crippen LogP contribution in [0.1, 0.15) is 53.7 Å². The molecule has 10 heteroatoms. The van der Waals surface area contributed by atoms with E-state index in [1.165, 1.54) is 0 Å². The van der Waals surface area contributed by atoms with Crippen molar-refractivity contribution in [1.82, 2.24) is 34.5 Å². The summed E-state index contributed by atoms with van der Waals surface area (Å²) < 4.78 is 8.49. The molecule has 4 heterocycles. The van der Waals surface area contributed by atoms with Gasteiger partial charge in [-0.3, -0.25) is 0 Å². The van der Waals surface area contributed by atoms with E-state index in [9.17, 15) is 4.79 Å². The Morgan fingerprint density at radius 3 is 1.94 bits per heavy atom. The molecule has 4 aromatic heterocycles. The Hall–Kier alpha value is -3.53. The van der Waals surface area contributed by atoms with E-state index in [1.54, 1.807) is 15.2 Å². The molecule has 0 aliphatic carbocycles. The predicted molar refractivity (Wildman–Crippen MR) is 125 cm³/mol. The lowest BCUT2D eigenvalue weighted by molar-refractivity contribution is 0.0522. The van der Waals surface area contributed by atoms with E-state index in [2.05, 4.69) is 25.5 Å². The number of alkyl carbamates (subject to hydrolysis) is 1. The summed E-state index contributed by atoms with van der Waals surface area (Å²) in [6.45, 7) is 10.1. The number of nitrogens with zero attached hydrogens (tertiary/aromatic N) is 6. The number of carbonyl (C=O) groups is 1. The van der Waals surface area contributed by atoms with Crippen molar-refractivity contribution in [2.75, 3.05) is 0 Å². The Morgan fingerprint density at radius 1 is 0.969 bits per heavy atom. The Balaban J connectivity index is 0.000000314. The first kappa shape index (κ1) is 26.5. The molecular formula is C22H34N8O2. The zero-order valence-electron chi connectivity index (χ0n) is 18.6. The zero-order chi connectivity index (χ0) is 22.9. The highest BCUT2D eigenvalue weighted by Gasteiger charge is 2.16. The van der Waals surface area contributed by atoms with Crippen LogP contribution in [0.2, 0.25) is 0 Å². The molecule has 10 nitrogen and oxygen atoms in total. The molecule has 174 valence electrons. The van der Waals surface area contributed by atoms with Crippen molar-refractivity contribution in [3.05, 3.63) is 60.4 Å². The topological polar surface area (TPSA) is 125 Å². The molecule has 4 rings (SSSR count). The Kier molecular flexibility index (Phi) is 10.2. The molecular weight excluding hydrogens is 408 g/mol. The number of pyridine rings is 2. The average molecular weight is 443 g/mol. The molecule has 0 aliphatic heterocycles. The van der Waals surface area contributed by atoms with E-state index in [1.807, 2.05) is 77.2 Å². The standard InChI is InChI=1S/C12H16N4O2.C7H8N4.C2H6.CH4/c1-12(2,3)18-11(17)13-8-9-14-10-6-4-5-7-16(10)15-9;8-5-6-9-7-3-1-2-4-11(7)10-6;1-2;/h4-7H,8H2,1-3H3,(H,13,17);1-4H,5,8H2;1-2H3;1H4. The summed E-state index contributed by atoms with van der Waals surface area (Å²) >= 11 is 0. The second-order valence-electron chi connectivity index (χ2n) is 7.12. The zero-order valence-corrected chi connectivity index (χ0v) is 18.6. The lowest BCUT2D eigenvalue weighted by Gasteiger charge is -2.19. The highest BCUT2D eigenvalue weighted by molar-refractivity contribution is 5.67. The van der Waals surface area contributed by atoms with Gasteiger partial charge in [0, 0.05) is 12.4 Å². The van der Waals surface area contributed by atoms with Gasteiger partial charge < -0.3 is 15.8 Å². The fraction of sp³-hybridized carbons (Fsp3) is 0.409. The van der Waals surface area contributed by atoms with Crippen LogP contribution < -0.4 is 11.1 Å². The molecule has 0 radical (unpaired) electrons. The SMILES string of the molecule is C.CC.CC(C)(C)OC(=O)NCc1nc2ccccn2n1.NCc1nc2ccccn2n1. The Labute approximate surface area is 188 Å². The summed E-state index contributed by atoms with van der Waals surface area (Å²) in [6.07, 6.45) is 3.18. The molecule has 0 aromatic carbocycles. The summed E-state index contributed by atoms with van der Waals surface area (Å²) in [6, 6.07) is 11.3. The summed E-state index contributed by atoms with van der Waals surface area (Å²) in [5, 5.41) is 10.9. The number of aromatic nitrogens is 6. The van der Waals surface area contributed by atoms with Gasteiger partial charge in [-0.05, 0) is 45.0 Å². The van der Waals surface area contributed by atoms with Gasteiger partial charge in [0.2, 0.25) is 0 Å². The van der Waals surface area contributed by atoms with E-state index in [0.29, 0.717) is 18.2 Å². The van der Waals surface area contributed by atoms with E-state index < -0.39 is 11.7 Å². The van der Waals surface area contributed by atoms with Crippen LogP contribution in [0.3, 0.4) is 0 Å². The van der Waals surface area contributed by atoms with Crippen molar-refractivity contribution in [2.24, 2.45) is 5.73 Å². The number of rotatable bonds is 3. The molecule has 32 heavy (non-hydrogen) atoms. The van der Waals surface area contributed by atoms with E-state index >= 15 is 0 Å². The molecule has 0 fully saturated rings. The average Bonchev–Trinajstić information content (AvgIpc) is 3.36. The quantitative estimate of drug-likeness (QED) is 0.496. The number of fused-ring (bicyclic) bond motifs is 2. The third-order valence-corrected chi connectivity index (χ3v) is 3.54. The summed E-state index contributed by atoms with van der Waals surface area (Å²) in [5.74, 6) is 1.23. The van der Waals surface area contributed by atoms with E-state index in [-0.39, 0.29) is 14.0 Å². The van der Waals surface area contributed by atoms with Crippen LogP contribution in [-0.4, -0.2) is 40.9 Å². The van der Waals surface area contributed by atoms with Gasteiger partial charge in [0.25, 0.3) is 0 Å². The van der Waals surface area contributed by atoms with Crippen molar-refractivity contribution in [3.8, 4) is 0 Å². The van der Waals surface area contributed by atoms with Gasteiger partial charge in [0.15, 0.2) is 22.9 Å². The van der Waals surface area contributed by atoms with E-state index in [0.717, 1.165) is 11.3 Å². The van der Waals surface area contributed by atoms with Gasteiger partial charge in [0.05, 0.1) is 13.1 Å². The first-order valence-electron chi connectivity index (χ1n) is 10.1. The fourth-order valence-electron chi connectivity index (χ4n) is 2.38. The molecule has 3 N–H and O–H groups in total. The number of hydrogen-bond acceptors (Lipinski definition) is 7. The predicted octanol–water partition coefficient (Wildman–Crippen LogP) is 3.60. The van der Waals surface area contributed by atoms with Crippen LogP contribution in [0.15, 0.2) is 48.8 Å². The maximum atomic E-state index is 11.5. The van der Waals surface area contributed by atoms with Crippen LogP contribution >= 0.6 is 0 Å². The Morgan fingerprint density at radius 2 is 1.47 bits per heavy atom. The first-order valence-corrected chi connectivity index (χ1v) is 10.1. The maximum absolute atomic E-state index is 11.5. The number of amides is 1. The molecule has 0 atom stereocenters. The van der Waals surface area contributed by atoms with E-state index in [4.69, 9.17) is 10.5 Å². The highest BCUT2D eigenvalue weighted by Crippen LogP contribution is 2.07. The number of nitrogens with two attached hydrogens (primary N) is 1. The minimum atomic E-state index is -0.504. The third-order valence-electron chi connectivity index (χ3n) is 3.54. The van der Waals surface area contributed by atoms with Gasteiger partial charge in [-0.1, -0.05) is 33.4 Å². The molecule has 4 aromatic rings. The number of ether oxygens (including phenoxy) is 1. The van der Waals surface area contributed by atoms with Gasteiger partial charge in [-0.25, -0.2) is 23.8 Å². The molecule has 0 saturated heterocycles. The van der Waals surface area contributed by atoms with Gasteiger partial charge in [-0.15, -0.1) is 10.2 Å². The smallest absolute Gasteiger partial charge is 0.408 e. The van der Waals surface area contributed by atoms with Gasteiger partial charge >= 0.3 is 6.09 Å². The highest BCUT2D eigenvalue weighted by atomic mass is 16.6. The van der Waals surface area contributed by atoms with Gasteiger partial charge in [0.1, 0.15) is 5.60 Å². The monoisotopic (exact) mass is 442 g/mol. The number of hydrogen-bond donors (Lipinski definition) is 2. The summed E-state index contributed by atoms with van der Waals surface area (Å²) in [4.78, 5) is 19.9. The van der Waals surface area contributed by atoms with Crippen molar-refractivity contribution >= 4 is 17.4 Å². The summed E-state index contributed by atoms with van der Waals surface area (Å²) in [5.41, 5.74) is 6.46. The van der Waals surface area contributed by atoms with Crippen molar-refractivity contribution in [2.45, 2.75) is 60.7 Å². The molecule has 0 aliphatic rings. The van der Waals surface area contributed by atoms with Crippen LogP contribution in [0.25, 0.3) is 11.3 Å². The largest absolute Gasteiger partial charge is 0.444 e. The van der Waals surface area contributed by atoms with Crippen LogP contribution in [0.5, 0.6) is 0 Å². The first-order chi connectivity index (χ1) is 14.8. The minimum absolute atomic E-state index is 0. The summed E-state index contributed by atoms with van der Waals surface area (Å²) in [7, 11) is 0. The van der Waals surface area contributed by atoms with Crippen LogP contribution in [0.4, 0.5) is 4.79 Å². The number of carbonyl (C=O) groups excluding carboxylic acids is 1. The molecule has 0 saturated carbocycles. The van der Waals surface area contributed by atoms with Crippen LogP contribution in [0, 0.1) is 0 Å². The fourth-order valence-corrected chi connectivity index (χ4v) is 2.38. The van der Waals surface area contributed by atoms with Crippen molar-refractivity contribution in [1.29, 1.82) is 0 Å². The lowest BCUT2D eigenvalue weighted by Crippen LogP contribution is -2.32. The second-order valence-corrected chi connectivity index (χ2v) is 7.12. The Bertz CT molecular complexity index is 1030. The molecule has 1 amide bonds. The van der Waals surface area contributed by atoms with Crippen molar-refractivity contribution in [3.63, 3.8) is 0 Å². The van der Waals surface area contributed by atoms with Crippen molar-refractivity contribution < 1.29 is 9.53 Å². The van der Waals surface area contributed by atoms with Gasteiger partial charge in [-0.2, -0.15) is 0 Å². The van der Waals surface area contributed by atoms with Crippen LogP contribution in [-0.2, 0) is 17.8 Å². The molecule has 0 unspecified atom stereocenters. The maximum Gasteiger partial charge on any atom is 0.408 e. The molecule has 0 spiro atoms.